The minimum Gasteiger partial charge on any atom is -0.294 e. The molecule has 0 saturated carbocycles. The molecule has 0 spiro atoms. The molecule has 0 amide bonds. The summed E-state index contributed by atoms with van der Waals surface area (Å²) in [6, 6.07) is 2.17. The van der Waals surface area contributed by atoms with Crippen molar-refractivity contribution >= 4 is 11.3 Å². The van der Waals surface area contributed by atoms with Gasteiger partial charge in [0, 0.05) is 11.8 Å². The molecule has 0 aliphatic heterocycles. The Balaban J connectivity index is 0.000000791. The number of thiazole rings is 1. The van der Waals surface area contributed by atoms with E-state index in [1.807, 2.05) is 38.2 Å². The molecular weight excluding hydrogens is 194 g/mol. The van der Waals surface area contributed by atoms with Crippen LogP contribution in [0.25, 0.3) is 0 Å². The molecule has 78 valence electrons. The Morgan fingerprint density at radius 1 is 1.57 bits per heavy atom. The number of nitriles is 1. The number of nitrogens with zero attached hydrogens (tertiary/aromatic N) is 3. The topological polar surface area (TPSA) is 39.9 Å². The Labute approximate surface area is 90.0 Å². The molecule has 0 radical (unpaired) electrons. The summed E-state index contributed by atoms with van der Waals surface area (Å²) in [6.07, 6.45) is 0.715. The Bertz CT molecular complexity index is 261. The number of aromatic nitrogens is 1. The van der Waals surface area contributed by atoms with Gasteiger partial charge in [0.2, 0.25) is 0 Å². The second kappa shape index (κ2) is 7.48. The van der Waals surface area contributed by atoms with Crippen LogP contribution in [0.3, 0.4) is 0 Å². The van der Waals surface area contributed by atoms with E-state index in [4.69, 9.17) is 5.26 Å². The van der Waals surface area contributed by atoms with Crippen LogP contribution in [0.15, 0.2) is 10.9 Å². The zero-order valence-corrected chi connectivity index (χ0v) is 10.0. The summed E-state index contributed by atoms with van der Waals surface area (Å²) in [5.41, 5.74) is 2.79. The van der Waals surface area contributed by atoms with Gasteiger partial charge >= 0.3 is 0 Å². The van der Waals surface area contributed by atoms with Crippen molar-refractivity contribution in [3.63, 3.8) is 0 Å². The molecule has 1 rings (SSSR count). The van der Waals surface area contributed by atoms with Crippen LogP contribution >= 0.6 is 11.3 Å². The van der Waals surface area contributed by atoms with E-state index in [-0.39, 0.29) is 6.04 Å². The molecule has 0 aromatic carbocycles. The molecule has 14 heavy (non-hydrogen) atoms. The Morgan fingerprint density at radius 3 is 2.57 bits per heavy atom. The number of hydrogen-bond donors (Lipinski definition) is 0. The van der Waals surface area contributed by atoms with E-state index >= 15 is 0 Å². The van der Waals surface area contributed by atoms with Crippen molar-refractivity contribution in [1.82, 2.24) is 9.88 Å². The summed E-state index contributed by atoms with van der Waals surface area (Å²) in [7, 11) is 3.81. The fourth-order valence-corrected chi connectivity index (χ4v) is 1.45. The molecule has 0 aliphatic rings. The molecule has 1 aromatic rings. The molecule has 0 N–H and O–H groups in total. The summed E-state index contributed by atoms with van der Waals surface area (Å²) in [6.45, 7) is 4.00. The smallest absolute Gasteiger partial charge is 0.103 e. The second-order valence-electron chi connectivity index (χ2n) is 2.79. The molecule has 0 bridgehead atoms. The van der Waals surface area contributed by atoms with Gasteiger partial charge in [-0.25, -0.2) is 4.98 Å². The largest absolute Gasteiger partial charge is 0.294 e. The highest BCUT2D eigenvalue weighted by Crippen LogP contribution is 2.06. The van der Waals surface area contributed by atoms with Crippen LogP contribution in [-0.2, 0) is 6.42 Å². The molecule has 0 saturated heterocycles. The molecule has 0 fully saturated rings. The number of rotatable bonds is 3. The van der Waals surface area contributed by atoms with Crippen molar-refractivity contribution in [1.29, 1.82) is 5.26 Å². The van der Waals surface area contributed by atoms with Gasteiger partial charge < -0.3 is 0 Å². The predicted octanol–water partition coefficient (Wildman–Crippen LogP) is 2.17. The van der Waals surface area contributed by atoms with Gasteiger partial charge in [0.25, 0.3) is 0 Å². The third-order valence-electron chi connectivity index (χ3n) is 1.66. The standard InChI is InChI=1S/C8H11N3S.C2H6/c1-11(2)8(4-9)3-7-5-12-6-10-7;1-2/h5-6,8H,3H2,1-2H3;1-2H3. The van der Waals surface area contributed by atoms with Crippen molar-refractivity contribution in [3.05, 3.63) is 16.6 Å². The lowest BCUT2D eigenvalue weighted by molar-refractivity contribution is 0.347. The molecule has 4 heteroatoms. The molecule has 3 nitrogen and oxygen atoms in total. The van der Waals surface area contributed by atoms with Gasteiger partial charge in [-0.3, -0.25) is 4.90 Å². The first kappa shape index (κ1) is 13.1. The van der Waals surface area contributed by atoms with Crippen LogP contribution in [0.2, 0.25) is 0 Å². The molecular formula is C10H17N3S. The van der Waals surface area contributed by atoms with E-state index in [9.17, 15) is 0 Å². The van der Waals surface area contributed by atoms with Crippen LogP contribution in [-0.4, -0.2) is 30.0 Å². The van der Waals surface area contributed by atoms with Gasteiger partial charge in [-0.05, 0) is 14.1 Å². The molecule has 0 aliphatic carbocycles. The van der Waals surface area contributed by atoms with Gasteiger partial charge in [0.1, 0.15) is 6.04 Å². The van der Waals surface area contributed by atoms with Gasteiger partial charge in [-0.2, -0.15) is 5.26 Å². The van der Waals surface area contributed by atoms with E-state index in [2.05, 4.69) is 11.1 Å². The lowest BCUT2D eigenvalue weighted by Crippen LogP contribution is -2.28. The predicted molar refractivity (Wildman–Crippen MR) is 60.3 cm³/mol. The molecule has 1 unspecified atom stereocenters. The van der Waals surface area contributed by atoms with Gasteiger partial charge in [-0.1, -0.05) is 13.8 Å². The highest BCUT2D eigenvalue weighted by atomic mass is 32.1. The maximum atomic E-state index is 8.78. The lowest BCUT2D eigenvalue weighted by atomic mass is 10.2. The van der Waals surface area contributed by atoms with Crippen molar-refractivity contribution in [2.75, 3.05) is 14.1 Å². The monoisotopic (exact) mass is 211 g/mol. The Kier molecular flexibility index (Phi) is 6.99. The van der Waals surface area contributed by atoms with Gasteiger partial charge in [-0.15, -0.1) is 11.3 Å². The molecule has 1 atom stereocenters. The Morgan fingerprint density at radius 2 is 2.21 bits per heavy atom. The highest BCUT2D eigenvalue weighted by Gasteiger charge is 2.11. The SMILES string of the molecule is CC.CN(C)C(C#N)Cc1cscn1. The number of hydrogen-bond acceptors (Lipinski definition) is 4. The summed E-state index contributed by atoms with van der Waals surface area (Å²) < 4.78 is 0. The molecule has 1 aromatic heterocycles. The van der Waals surface area contributed by atoms with Crippen molar-refractivity contribution in [2.24, 2.45) is 0 Å². The van der Waals surface area contributed by atoms with E-state index in [0.717, 1.165) is 5.69 Å². The van der Waals surface area contributed by atoms with E-state index < -0.39 is 0 Å². The minimum absolute atomic E-state index is 0.0629. The maximum Gasteiger partial charge on any atom is 0.103 e. The minimum atomic E-state index is -0.0629. The van der Waals surface area contributed by atoms with Crippen molar-refractivity contribution < 1.29 is 0 Å². The number of likely N-dealkylation sites (N-methyl/N-ethyl adjacent to an activating group) is 1. The van der Waals surface area contributed by atoms with Crippen LogP contribution in [0.4, 0.5) is 0 Å². The summed E-state index contributed by atoms with van der Waals surface area (Å²) in [5.74, 6) is 0. The summed E-state index contributed by atoms with van der Waals surface area (Å²) >= 11 is 1.56. The average molecular weight is 211 g/mol. The average Bonchev–Trinajstić information content (AvgIpc) is 2.69. The first-order valence-electron chi connectivity index (χ1n) is 4.67. The van der Waals surface area contributed by atoms with E-state index in [0.29, 0.717) is 6.42 Å². The summed E-state index contributed by atoms with van der Waals surface area (Å²) in [4.78, 5) is 6.03. The van der Waals surface area contributed by atoms with Gasteiger partial charge in [0.05, 0.1) is 17.3 Å². The first-order valence-corrected chi connectivity index (χ1v) is 5.61. The van der Waals surface area contributed by atoms with Gasteiger partial charge in [0.15, 0.2) is 0 Å². The van der Waals surface area contributed by atoms with Crippen LogP contribution in [0.1, 0.15) is 19.5 Å². The van der Waals surface area contributed by atoms with E-state index in [1.165, 1.54) is 0 Å². The normalized spacial score (nSPS) is 11.4. The van der Waals surface area contributed by atoms with Crippen molar-refractivity contribution in [2.45, 2.75) is 26.3 Å². The zero-order chi connectivity index (χ0) is 11.0. The zero-order valence-electron chi connectivity index (χ0n) is 9.19. The third-order valence-corrected chi connectivity index (χ3v) is 2.29. The fraction of sp³-hybridized carbons (Fsp3) is 0.600. The van der Waals surface area contributed by atoms with Crippen molar-refractivity contribution in [3.8, 4) is 6.07 Å². The fourth-order valence-electron chi connectivity index (χ4n) is 0.880. The second-order valence-corrected chi connectivity index (χ2v) is 3.51. The molecule has 1 heterocycles. The highest BCUT2D eigenvalue weighted by molar-refractivity contribution is 7.07. The third kappa shape index (κ3) is 4.35. The quantitative estimate of drug-likeness (QED) is 0.769. The van der Waals surface area contributed by atoms with Crippen LogP contribution in [0.5, 0.6) is 0 Å². The summed E-state index contributed by atoms with van der Waals surface area (Å²) in [5, 5.41) is 10.8. The maximum absolute atomic E-state index is 8.78. The first-order chi connectivity index (χ1) is 6.74. The van der Waals surface area contributed by atoms with Crippen LogP contribution < -0.4 is 0 Å². The lowest BCUT2D eigenvalue weighted by Gasteiger charge is -2.15. The Hall–Kier alpha value is -0.920. The van der Waals surface area contributed by atoms with E-state index in [1.54, 1.807) is 16.8 Å². The van der Waals surface area contributed by atoms with Crippen LogP contribution in [0, 0.1) is 11.3 Å².